The first-order valence-corrected chi connectivity index (χ1v) is 4.79. The molecule has 1 amide bonds. The van der Waals surface area contributed by atoms with Crippen molar-refractivity contribution in [1.82, 2.24) is 0 Å². The molecule has 0 aliphatic carbocycles. The van der Waals surface area contributed by atoms with Crippen LogP contribution in [0.25, 0.3) is 0 Å². The van der Waals surface area contributed by atoms with E-state index in [0.29, 0.717) is 13.0 Å². The van der Waals surface area contributed by atoms with E-state index in [-0.39, 0.29) is 7.33 Å². The van der Waals surface area contributed by atoms with E-state index in [4.69, 9.17) is 4.74 Å². The third kappa shape index (κ3) is 2.59. The normalized spacial score (nSPS) is 13.5. The number of para-hydroxylation sites is 1. The number of rotatable bonds is 0. The summed E-state index contributed by atoms with van der Waals surface area (Å²) in [5.41, 5.74) is 1.84. The van der Waals surface area contributed by atoms with Gasteiger partial charge in [-0.05, 0) is 18.6 Å². The van der Waals surface area contributed by atoms with Crippen LogP contribution in [0.5, 0.6) is 5.75 Å². The molecule has 0 atom stereocenters. The van der Waals surface area contributed by atoms with Gasteiger partial charge in [0.05, 0.1) is 18.7 Å². The second-order valence-corrected chi connectivity index (χ2v) is 3.10. The van der Waals surface area contributed by atoms with Gasteiger partial charge in [-0.3, -0.25) is 4.79 Å². The lowest BCUT2D eigenvalue weighted by molar-refractivity contribution is -0.116. The number of nitrogens with one attached hydrogen (secondary N) is 1. The van der Waals surface area contributed by atoms with Gasteiger partial charge in [0.1, 0.15) is 5.75 Å². The van der Waals surface area contributed by atoms with Crippen LogP contribution in [-0.2, 0) is 4.79 Å². The van der Waals surface area contributed by atoms with E-state index in [9.17, 15) is 4.79 Å². The highest BCUT2D eigenvalue weighted by Crippen LogP contribution is 2.30. The molecule has 0 unspecified atom stereocenters. The second-order valence-electron chi connectivity index (χ2n) is 3.10. The molecular formula is C12H17NO2. The Balaban J connectivity index is 0.000000711. The Morgan fingerprint density at radius 2 is 2.20 bits per heavy atom. The molecule has 3 heteroatoms. The summed E-state index contributed by atoms with van der Waals surface area (Å²) in [6.07, 6.45) is 0.425. The van der Waals surface area contributed by atoms with E-state index in [0.717, 1.165) is 17.0 Å². The largest absolute Gasteiger partial charge is 0.491 e. The van der Waals surface area contributed by atoms with Crippen molar-refractivity contribution in [2.45, 2.75) is 13.3 Å². The van der Waals surface area contributed by atoms with Crippen molar-refractivity contribution in [1.29, 1.82) is 0 Å². The predicted octanol–water partition coefficient (Wildman–Crippen LogP) is 2.76. The number of benzene rings is 1. The lowest BCUT2D eigenvalue weighted by Gasteiger charge is -2.08. The zero-order chi connectivity index (χ0) is 11.3. The average Bonchev–Trinajstić information content (AvgIpc) is 2.43. The van der Waals surface area contributed by atoms with Crippen LogP contribution in [0.4, 0.5) is 5.69 Å². The van der Waals surface area contributed by atoms with Gasteiger partial charge < -0.3 is 10.1 Å². The monoisotopic (exact) mass is 207 g/mol. The van der Waals surface area contributed by atoms with E-state index < -0.39 is 0 Å². The van der Waals surface area contributed by atoms with Crippen molar-refractivity contribution in [2.75, 3.05) is 11.9 Å². The van der Waals surface area contributed by atoms with E-state index in [2.05, 4.69) is 18.5 Å². The van der Waals surface area contributed by atoms with Gasteiger partial charge in [-0.15, -0.1) is 13.2 Å². The highest BCUT2D eigenvalue weighted by atomic mass is 16.5. The van der Waals surface area contributed by atoms with E-state index in [1.165, 1.54) is 0 Å². The summed E-state index contributed by atoms with van der Waals surface area (Å²) in [4.78, 5) is 11.2. The third-order valence-electron chi connectivity index (χ3n) is 2.06. The number of hydrogen-bond donors (Lipinski definition) is 1. The van der Waals surface area contributed by atoms with Crippen LogP contribution in [0, 0.1) is 6.92 Å². The van der Waals surface area contributed by atoms with Gasteiger partial charge in [0.25, 0.3) is 0 Å². The zero-order valence-electron chi connectivity index (χ0n) is 8.88. The second kappa shape index (κ2) is 5.20. The Bertz CT molecular complexity index is 366. The number of carbonyl (C=O) groups is 1. The summed E-state index contributed by atoms with van der Waals surface area (Å²) in [5.74, 6) is 0.817. The topological polar surface area (TPSA) is 38.3 Å². The molecule has 0 saturated heterocycles. The fourth-order valence-corrected chi connectivity index (χ4v) is 1.40. The molecular weight excluding hydrogens is 190 g/mol. The molecule has 1 aliphatic rings. The Morgan fingerprint density at radius 3 is 2.93 bits per heavy atom. The molecule has 1 N–H and O–H groups in total. The fraction of sp³-hybridized carbons (Fsp3) is 0.250. The molecule has 82 valence electrons. The first-order chi connectivity index (χ1) is 7.27. The SMILES string of the molecule is C=C.Cc1cccc2c1OCCC(=O)N2.[HH]. The Kier molecular flexibility index (Phi) is 3.92. The average molecular weight is 207 g/mol. The lowest BCUT2D eigenvalue weighted by Crippen LogP contribution is -2.10. The molecule has 1 heterocycles. The molecule has 3 nitrogen and oxygen atoms in total. The third-order valence-corrected chi connectivity index (χ3v) is 2.06. The van der Waals surface area contributed by atoms with Crippen molar-refractivity contribution in [3.05, 3.63) is 36.9 Å². The molecule has 1 aliphatic heterocycles. The predicted molar refractivity (Wildman–Crippen MR) is 63.3 cm³/mol. The van der Waals surface area contributed by atoms with Gasteiger partial charge in [-0.1, -0.05) is 12.1 Å². The number of fused-ring (bicyclic) bond motifs is 1. The molecule has 0 bridgehead atoms. The van der Waals surface area contributed by atoms with E-state index in [1.807, 2.05) is 25.1 Å². The molecule has 0 radical (unpaired) electrons. The van der Waals surface area contributed by atoms with E-state index in [1.54, 1.807) is 0 Å². The molecule has 15 heavy (non-hydrogen) atoms. The van der Waals surface area contributed by atoms with Crippen LogP contribution >= 0.6 is 0 Å². The summed E-state index contributed by atoms with van der Waals surface area (Å²) < 4.78 is 5.47. The van der Waals surface area contributed by atoms with Gasteiger partial charge >= 0.3 is 0 Å². The van der Waals surface area contributed by atoms with Crippen LogP contribution < -0.4 is 10.1 Å². The van der Waals surface area contributed by atoms with Crippen LogP contribution in [0.3, 0.4) is 0 Å². The first-order valence-electron chi connectivity index (χ1n) is 4.79. The number of carbonyl (C=O) groups excluding carboxylic acids is 1. The van der Waals surface area contributed by atoms with Crippen LogP contribution in [-0.4, -0.2) is 12.5 Å². The Morgan fingerprint density at radius 1 is 1.47 bits per heavy atom. The maximum absolute atomic E-state index is 11.2. The number of amides is 1. The highest BCUT2D eigenvalue weighted by Gasteiger charge is 2.14. The lowest BCUT2D eigenvalue weighted by atomic mass is 10.2. The number of hydrogen-bond acceptors (Lipinski definition) is 2. The maximum atomic E-state index is 11.2. The van der Waals surface area contributed by atoms with E-state index >= 15 is 0 Å². The van der Waals surface area contributed by atoms with Gasteiger partial charge in [-0.25, -0.2) is 0 Å². The number of anilines is 1. The highest BCUT2D eigenvalue weighted by molar-refractivity contribution is 5.93. The summed E-state index contributed by atoms with van der Waals surface area (Å²) in [5, 5.41) is 2.80. The summed E-state index contributed by atoms with van der Waals surface area (Å²) >= 11 is 0. The minimum absolute atomic E-state index is 0. The molecule has 0 fully saturated rings. The van der Waals surface area contributed by atoms with Gasteiger partial charge in [0, 0.05) is 1.43 Å². The Labute approximate surface area is 91.2 Å². The van der Waals surface area contributed by atoms with Crippen molar-refractivity contribution < 1.29 is 11.0 Å². The minimum atomic E-state index is 0. The molecule has 0 saturated carbocycles. The van der Waals surface area contributed by atoms with Crippen LogP contribution in [0.1, 0.15) is 13.4 Å². The number of ether oxygens (including phenoxy) is 1. The Hall–Kier alpha value is -1.77. The molecule has 1 aromatic rings. The van der Waals surface area contributed by atoms with Crippen molar-refractivity contribution in [3.63, 3.8) is 0 Å². The zero-order valence-corrected chi connectivity index (χ0v) is 8.88. The first kappa shape index (κ1) is 11.3. The van der Waals surface area contributed by atoms with Crippen molar-refractivity contribution >= 4 is 11.6 Å². The van der Waals surface area contributed by atoms with Gasteiger partial charge in [0.15, 0.2) is 0 Å². The standard InChI is InChI=1S/C10H11NO2.C2H4.H2/c1-7-3-2-4-8-10(7)13-6-5-9(12)11-8;1-2;/h2-4H,5-6H2,1H3,(H,11,12);1-2H2;1H. The summed E-state index contributed by atoms with van der Waals surface area (Å²) in [7, 11) is 0. The van der Waals surface area contributed by atoms with Gasteiger partial charge in [0.2, 0.25) is 5.91 Å². The van der Waals surface area contributed by atoms with Gasteiger partial charge in [-0.2, -0.15) is 0 Å². The summed E-state index contributed by atoms with van der Waals surface area (Å²) in [6.45, 7) is 8.43. The van der Waals surface area contributed by atoms with Crippen molar-refractivity contribution in [2.24, 2.45) is 0 Å². The van der Waals surface area contributed by atoms with Crippen LogP contribution in [0.15, 0.2) is 31.4 Å². The molecule has 2 rings (SSSR count). The molecule has 1 aromatic carbocycles. The quantitative estimate of drug-likeness (QED) is 0.664. The molecule has 0 spiro atoms. The minimum Gasteiger partial charge on any atom is -0.491 e. The number of aryl methyl sites for hydroxylation is 1. The fourth-order valence-electron chi connectivity index (χ4n) is 1.40. The summed E-state index contributed by atoms with van der Waals surface area (Å²) in [6, 6.07) is 5.73. The smallest absolute Gasteiger partial charge is 0.227 e. The maximum Gasteiger partial charge on any atom is 0.227 e. The molecule has 0 aromatic heterocycles. The van der Waals surface area contributed by atoms with Crippen molar-refractivity contribution in [3.8, 4) is 5.75 Å². The van der Waals surface area contributed by atoms with Crippen LogP contribution in [0.2, 0.25) is 0 Å².